The molecule has 0 amide bonds. The number of nitrogens with one attached hydrogen (secondary N) is 2. The number of aryl methyl sites for hydroxylation is 1. The first-order valence-corrected chi connectivity index (χ1v) is 8.17. The van der Waals surface area contributed by atoms with E-state index in [0.717, 1.165) is 28.6 Å². The fourth-order valence-corrected chi connectivity index (χ4v) is 4.41. The summed E-state index contributed by atoms with van der Waals surface area (Å²) in [5.74, 6) is 2.74. The molecule has 2 fully saturated rings. The lowest BCUT2D eigenvalue weighted by Gasteiger charge is -2.29. The molecule has 2 nitrogen and oxygen atoms in total. The van der Waals surface area contributed by atoms with Crippen LogP contribution in [0.2, 0.25) is 0 Å². The summed E-state index contributed by atoms with van der Waals surface area (Å²) < 4.78 is 0. The largest absolute Gasteiger partial charge is 0.360 e. The maximum absolute atomic E-state index is 5.45. The van der Waals surface area contributed by atoms with E-state index in [4.69, 9.17) is 12.2 Å². The molecule has 3 heteroatoms. The zero-order chi connectivity index (χ0) is 14.1. The molecule has 0 spiro atoms. The van der Waals surface area contributed by atoms with E-state index in [0.29, 0.717) is 6.04 Å². The molecule has 0 aliphatic heterocycles. The van der Waals surface area contributed by atoms with Gasteiger partial charge in [-0.05, 0) is 80.8 Å². The first-order valence-electron chi connectivity index (χ1n) is 7.76. The molecule has 2 saturated carbocycles. The van der Waals surface area contributed by atoms with Gasteiger partial charge in [0.15, 0.2) is 5.11 Å². The summed E-state index contributed by atoms with van der Waals surface area (Å²) in [6.45, 7) is 4.38. The number of hydrogen-bond donors (Lipinski definition) is 2. The minimum Gasteiger partial charge on any atom is -0.360 e. The van der Waals surface area contributed by atoms with Crippen LogP contribution in [0.4, 0.5) is 5.69 Å². The third-order valence-electron chi connectivity index (χ3n) is 5.07. The Hall–Kier alpha value is -1.09. The van der Waals surface area contributed by atoms with E-state index < -0.39 is 0 Å². The molecule has 108 valence electrons. The summed E-state index contributed by atoms with van der Waals surface area (Å²) in [5, 5.41) is 7.55. The van der Waals surface area contributed by atoms with Crippen molar-refractivity contribution in [1.29, 1.82) is 0 Å². The van der Waals surface area contributed by atoms with Crippen LogP contribution in [0.15, 0.2) is 24.3 Å². The number of hydrogen-bond acceptors (Lipinski definition) is 1. The maximum atomic E-state index is 5.45. The molecule has 3 rings (SSSR count). The van der Waals surface area contributed by atoms with Crippen molar-refractivity contribution in [2.75, 3.05) is 5.32 Å². The van der Waals surface area contributed by atoms with Crippen molar-refractivity contribution in [2.45, 2.75) is 45.6 Å². The van der Waals surface area contributed by atoms with Crippen molar-refractivity contribution < 1.29 is 0 Å². The molecule has 0 heterocycles. The van der Waals surface area contributed by atoms with Gasteiger partial charge >= 0.3 is 0 Å². The second kappa shape index (κ2) is 5.72. The molecule has 2 aliphatic rings. The summed E-state index contributed by atoms with van der Waals surface area (Å²) >= 11 is 5.45. The molecule has 0 aromatic heterocycles. The Morgan fingerprint density at radius 2 is 2.15 bits per heavy atom. The summed E-state index contributed by atoms with van der Waals surface area (Å²) in [6, 6.07) is 8.81. The van der Waals surface area contributed by atoms with E-state index in [1.165, 1.54) is 31.2 Å². The Morgan fingerprint density at radius 1 is 1.30 bits per heavy atom. The molecule has 2 aliphatic carbocycles. The Morgan fingerprint density at radius 3 is 2.80 bits per heavy atom. The molecule has 20 heavy (non-hydrogen) atoms. The van der Waals surface area contributed by atoms with Crippen LogP contribution in [-0.2, 0) is 0 Å². The predicted molar refractivity (Wildman–Crippen MR) is 88.9 cm³/mol. The van der Waals surface area contributed by atoms with E-state index in [1.807, 2.05) is 0 Å². The number of rotatable bonds is 3. The second-order valence-electron chi connectivity index (χ2n) is 6.60. The zero-order valence-corrected chi connectivity index (χ0v) is 13.2. The minimum atomic E-state index is 0.482. The predicted octanol–water partition coefficient (Wildman–Crippen LogP) is 4.11. The number of fused-ring (bicyclic) bond motifs is 2. The maximum Gasteiger partial charge on any atom is 0.170 e. The monoisotopic (exact) mass is 288 g/mol. The van der Waals surface area contributed by atoms with Gasteiger partial charge in [0.05, 0.1) is 0 Å². The third kappa shape index (κ3) is 2.98. The van der Waals surface area contributed by atoms with Crippen molar-refractivity contribution in [3.8, 4) is 0 Å². The highest BCUT2D eigenvalue weighted by Crippen LogP contribution is 2.49. The Bertz CT molecular complexity index is 500. The Balaban J connectivity index is 1.53. The summed E-state index contributed by atoms with van der Waals surface area (Å²) in [4.78, 5) is 0. The minimum absolute atomic E-state index is 0.482. The SMILES string of the molecule is Cc1cccc(NC(=S)NC(C)C2CC3CCC2C3)c1. The molecule has 4 unspecified atom stereocenters. The van der Waals surface area contributed by atoms with Gasteiger partial charge in [0.25, 0.3) is 0 Å². The lowest BCUT2D eigenvalue weighted by atomic mass is 9.84. The quantitative estimate of drug-likeness (QED) is 0.819. The van der Waals surface area contributed by atoms with E-state index in [9.17, 15) is 0 Å². The topological polar surface area (TPSA) is 24.1 Å². The lowest BCUT2D eigenvalue weighted by molar-refractivity contribution is 0.279. The highest BCUT2D eigenvalue weighted by atomic mass is 32.1. The van der Waals surface area contributed by atoms with Gasteiger partial charge in [-0.2, -0.15) is 0 Å². The van der Waals surface area contributed by atoms with E-state index in [1.54, 1.807) is 0 Å². The average molecular weight is 288 g/mol. The van der Waals surface area contributed by atoms with Crippen LogP contribution in [0.1, 0.15) is 38.2 Å². The normalized spacial score (nSPS) is 29.2. The molecule has 2 bridgehead atoms. The van der Waals surface area contributed by atoms with Gasteiger partial charge < -0.3 is 10.6 Å². The summed E-state index contributed by atoms with van der Waals surface area (Å²) in [5.41, 5.74) is 2.32. The van der Waals surface area contributed by atoms with Crippen LogP contribution in [0, 0.1) is 24.7 Å². The number of benzene rings is 1. The van der Waals surface area contributed by atoms with Crippen molar-refractivity contribution in [3.63, 3.8) is 0 Å². The van der Waals surface area contributed by atoms with Crippen LogP contribution in [0.25, 0.3) is 0 Å². The summed E-state index contributed by atoms with van der Waals surface area (Å²) in [7, 11) is 0. The van der Waals surface area contributed by atoms with Crippen LogP contribution in [0.3, 0.4) is 0 Å². The van der Waals surface area contributed by atoms with Gasteiger partial charge in [-0.1, -0.05) is 18.6 Å². The molecule has 1 aromatic rings. The Kier molecular flexibility index (Phi) is 3.97. The van der Waals surface area contributed by atoms with Crippen LogP contribution >= 0.6 is 12.2 Å². The molecular formula is C17H24N2S. The van der Waals surface area contributed by atoms with Crippen LogP contribution in [0.5, 0.6) is 0 Å². The van der Waals surface area contributed by atoms with Gasteiger partial charge in [0.2, 0.25) is 0 Å². The van der Waals surface area contributed by atoms with Crippen LogP contribution in [-0.4, -0.2) is 11.2 Å². The number of anilines is 1. The summed E-state index contributed by atoms with van der Waals surface area (Å²) in [6.07, 6.45) is 5.74. The standard InChI is InChI=1S/C17H24N2S/c1-11-4-3-5-15(8-11)19-17(20)18-12(2)16-10-13-6-7-14(16)9-13/h3-5,8,12-14,16H,6-7,9-10H2,1-2H3,(H2,18,19,20). The van der Waals surface area contributed by atoms with E-state index >= 15 is 0 Å². The van der Waals surface area contributed by atoms with E-state index in [-0.39, 0.29) is 0 Å². The number of thiocarbonyl (C=S) groups is 1. The van der Waals surface area contributed by atoms with Crippen LogP contribution < -0.4 is 10.6 Å². The van der Waals surface area contributed by atoms with Gasteiger partial charge in [-0.3, -0.25) is 0 Å². The highest BCUT2D eigenvalue weighted by Gasteiger charge is 2.41. The fourth-order valence-electron chi connectivity index (χ4n) is 4.11. The fraction of sp³-hybridized carbons (Fsp3) is 0.588. The zero-order valence-electron chi connectivity index (χ0n) is 12.4. The van der Waals surface area contributed by atoms with Crippen molar-refractivity contribution in [3.05, 3.63) is 29.8 Å². The average Bonchev–Trinajstić information content (AvgIpc) is 3.00. The van der Waals surface area contributed by atoms with Crippen molar-refractivity contribution in [1.82, 2.24) is 5.32 Å². The lowest BCUT2D eigenvalue weighted by Crippen LogP contribution is -2.42. The second-order valence-corrected chi connectivity index (χ2v) is 7.00. The first kappa shape index (κ1) is 13.9. The van der Waals surface area contributed by atoms with Gasteiger partial charge in [0.1, 0.15) is 0 Å². The highest BCUT2D eigenvalue weighted by molar-refractivity contribution is 7.80. The van der Waals surface area contributed by atoms with Gasteiger partial charge in [0, 0.05) is 11.7 Å². The van der Waals surface area contributed by atoms with E-state index in [2.05, 4.69) is 48.7 Å². The van der Waals surface area contributed by atoms with Gasteiger partial charge in [-0.25, -0.2) is 0 Å². The molecule has 1 aromatic carbocycles. The van der Waals surface area contributed by atoms with Gasteiger partial charge in [-0.15, -0.1) is 0 Å². The van der Waals surface area contributed by atoms with Crippen molar-refractivity contribution in [2.24, 2.45) is 17.8 Å². The molecule has 4 atom stereocenters. The first-order chi connectivity index (χ1) is 9.61. The third-order valence-corrected chi connectivity index (χ3v) is 5.29. The Labute approximate surface area is 127 Å². The van der Waals surface area contributed by atoms with Crippen molar-refractivity contribution >= 4 is 23.0 Å². The molecular weight excluding hydrogens is 264 g/mol. The smallest absolute Gasteiger partial charge is 0.170 e. The molecule has 0 saturated heterocycles. The molecule has 2 N–H and O–H groups in total. The molecule has 0 radical (unpaired) electrons.